The second-order valence-corrected chi connectivity index (χ2v) is 5.85. The summed E-state index contributed by atoms with van der Waals surface area (Å²) in [4.78, 5) is 4.60. The quantitative estimate of drug-likeness (QED) is 0.602. The number of halogens is 2. The van der Waals surface area contributed by atoms with Crippen LogP contribution in [0.2, 0.25) is 5.02 Å². The van der Waals surface area contributed by atoms with E-state index in [0.29, 0.717) is 5.88 Å². The van der Waals surface area contributed by atoms with E-state index in [1.807, 2.05) is 24.3 Å². The first-order valence-corrected chi connectivity index (χ1v) is 7.87. The minimum Gasteiger partial charge on any atom is -0.323 e. The highest BCUT2D eigenvalue weighted by Crippen LogP contribution is 2.29. The van der Waals surface area contributed by atoms with E-state index < -0.39 is 0 Å². The lowest BCUT2D eigenvalue weighted by atomic mass is 10.1. The molecule has 0 aliphatic rings. The van der Waals surface area contributed by atoms with Crippen LogP contribution in [-0.4, -0.2) is 9.55 Å². The lowest BCUT2D eigenvalue weighted by Crippen LogP contribution is -2.11. The number of imidazole rings is 1. The van der Waals surface area contributed by atoms with Gasteiger partial charge in [0.1, 0.15) is 5.82 Å². The van der Waals surface area contributed by atoms with E-state index in [1.165, 1.54) is 5.56 Å². The second-order valence-electron chi connectivity index (χ2n) is 5.18. The van der Waals surface area contributed by atoms with E-state index in [2.05, 4.69) is 40.7 Å². The fourth-order valence-electron chi connectivity index (χ4n) is 2.77. The zero-order chi connectivity index (χ0) is 14.8. The molecule has 2 nitrogen and oxygen atoms in total. The summed E-state index contributed by atoms with van der Waals surface area (Å²) in [5.41, 5.74) is 3.16. The van der Waals surface area contributed by atoms with E-state index >= 15 is 0 Å². The molecular weight excluding hydrogens is 303 g/mol. The lowest BCUT2D eigenvalue weighted by molar-refractivity contribution is 0.543. The van der Waals surface area contributed by atoms with Gasteiger partial charge < -0.3 is 4.57 Å². The van der Waals surface area contributed by atoms with Gasteiger partial charge >= 0.3 is 0 Å². The Morgan fingerprint density at radius 1 is 1.10 bits per heavy atom. The smallest absolute Gasteiger partial charge is 0.125 e. The summed E-state index contributed by atoms with van der Waals surface area (Å²) >= 11 is 12.5. The molecule has 0 amide bonds. The Hall–Kier alpha value is -1.51. The number of benzene rings is 2. The number of aromatic nitrogens is 2. The molecule has 2 aromatic carbocycles. The number of rotatable bonds is 4. The Morgan fingerprint density at radius 2 is 1.86 bits per heavy atom. The van der Waals surface area contributed by atoms with Gasteiger partial charge in [-0.25, -0.2) is 4.98 Å². The molecule has 0 aliphatic heterocycles. The SMILES string of the molecule is CC(Cc1ccccc1)n1c(CCl)nc2cccc(Cl)c21. The predicted molar refractivity (Wildman–Crippen MR) is 89.2 cm³/mol. The zero-order valence-corrected chi connectivity index (χ0v) is 13.3. The van der Waals surface area contributed by atoms with Crippen LogP contribution in [0, 0.1) is 0 Å². The second kappa shape index (κ2) is 6.08. The largest absolute Gasteiger partial charge is 0.323 e. The average Bonchev–Trinajstić information content (AvgIpc) is 2.88. The van der Waals surface area contributed by atoms with E-state index in [0.717, 1.165) is 28.3 Å². The van der Waals surface area contributed by atoms with Crippen LogP contribution >= 0.6 is 23.2 Å². The predicted octanol–water partition coefficient (Wildman–Crippen LogP) is 5.23. The van der Waals surface area contributed by atoms with Crippen LogP contribution in [0.4, 0.5) is 0 Å². The van der Waals surface area contributed by atoms with Gasteiger partial charge in [0.15, 0.2) is 0 Å². The van der Waals surface area contributed by atoms with Gasteiger partial charge in [-0.3, -0.25) is 0 Å². The summed E-state index contributed by atoms with van der Waals surface area (Å²) in [7, 11) is 0. The molecule has 4 heteroatoms. The fraction of sp³-hybridized carbons (Fsp3) is 0.235. The maximum absolute atomic E-state index is 6.38. The van der Waals surface area contributed by atoms with Crippen LogP contribution in [0.1, 0.15) is 24.4 Å². The number of nitrogens with zero attached hydrogens (tertiary/aromatic N) is 2. The van der Waals surface area contributed by atoms with E-state index in [-0.39, 0.29) is 6.04 Å². The molecule has 0 radical (unpaired) electrons. The standard InChI is InChI=1S/C17H16Cl2N2/c1-12(10-13-6-3-2-4-7-13)21-16(11-18)20-15-9-5-8-14(19)17(15)21/h2-9,12H,10-11H2,1H3. The Bertz CT molecular complexity index is 750. The molecule has 0 saturated carbocycles. The van der Waals surface area contributed by atoms with Crippen molar-refractivity contribution in [2.75, 3.05) is 0 Å². The third kappa shape index (κ3) is 2.78. The van der Waals surface area contributed by atoms with E-state index in [4.69, 9.17) is 23.2 Å². The Morgan fingerprint density at radius 3 is 2.57 bits per heavy atom. The minimum atomic E-state index is 0.242. The number of para-hydroxylation sites is 1. The molecule has 0 spiro atoms. The number of hydrogen-bond acceptors (Lipinski definition) is 1. The minimum absolute atomic E-state index is 0.242. The first-order chi connectivity index (χ1) is 10.2. The summed E-state index contributed by atoms with van der Waals surface area (Å²) in [5.74, 6) is 1.24. The van der Waals surface area contributed by atoms with Gasteiger partial charge in [-0.2, -0.15) is 0 Å². The van der Waals surface area contributed by atoms with Crippen molar-refractivity contribution in [1.82, 2.24) is 9.55 Å². The Kier molecular flexibility index (Phi) is 4.18. The van der Waals surface area contributed by atoms with Crippen molar-refractivity contribution in [2.45, 2.75) is 25.3 Å². The highest BCUT2D eigenvalue weighted by Gasteiger charge is 2.17. The van der Waals surface area contributed by atoms with Crippen LogP contribution in [0.25, 0.3) is 11.0 Å². The van der Waals surface area contributed by atoms with Gasteiger partial charge in [0.2, 0.25) is 0 Å². The average molecular weight is 319 g/mol. The fourth-order valence-corrected chi connectivity index (χ4v) is 3.22. The van der Waals surface area contributed by atoms with Crippen molar-refractivity contribution in [2.24, 2.45) is 0 Å². The first kappa shape index (κ1) is 14.4. The molecule has 108 valence electrons. The van der Waals surface area contributed by atoms with Gasteiger partial charge in [0, 0.05) is 6.04 Å². The molecule has 21 heavy (non-hydrogen) atoms. The van der Waals surface area contributed by atoms with Crippen LogP contribution in [0.3, 0.4) is 0 Å². The molecule has 1 aromatic heterocycles. The molecule has 0 saturated heterocycles. The summed E-state index contributed by atoms with van der Waals surface area (Å²) < 4.78 is 2.16. The van der Waals surface area contributed by atoms with Crippen molar-refractivity contribution in [3.8, 4) is 0 Å². The van der Waals surface area contributed by atoms with Crippen molar-refractivity contribution >= 4 is 34.2 Å². The van der Waals surface area contributed by atoms with Crippen LogP contribution < -0.4 is 0 Å². The highest BCUT2D eigenvalue weighted by atomic mass is 35.5. The summed E-state index contributed by atoms with van der Waals surface area (Å²) in [6.45, 7) is 2.17. The number of hydrogen-bond donors (Lipinski definition) is 0. The van der Waals surface area contributed by atoms with Crippen molar-refractivity contribution in [3.63, 3.8) is 0 Å². The monoisotopic (exact) mass is 318 g/mol. The van der Waals surface area contributed by atoms with Gasteiger partial charge in [0.25, 0.3) is 0 Å². The molecule has 0 fully saturated rings. The molecule has 3 rings (SSSR count). The molecule has 1 heterocycles. The van der Waals surface area contributed by atoms with Crippen LogP contribution in [-0.2, 0) is 12.3 Å². The van der Waals surface area contributed by atoms with Gasteiger partial charge in [-0.05, 0) is 31.0 Å². The molecule has 0 aliphatic carbocycles. The normalized spacial score (nSPS) is 12.7. The molecule has 0 bridgehead atoms. The van der Waals surface area contributed by atoms with Crippen molar-refractivity contribution in [3.05, 3.63) is 64.9 Å². The van der Waals surface area contributed by atoms with Gasteiger partial charge in [-0.15, -0.1) is 11.6 Å². The Labute approximate surface area is 134 Å². The third-order valence-corrected chi connectivity index (χ3v) is 4.21. The molecule has 0 N–H and O–H groups in total. The maximum atomic E-state index is 6.38. The summed E-state index contributed by atoms with van der Waals surface area (Å²) in [5, 5.41) is 0.719. The molecule has 1 unspecified atom stereocenters. The zero-order valence-electron chi connectivity index (χ0n) is 11.8. The molecule has 1 atom stereocenters. The lowest BCUT2D eigenvalue weighted by Gasteiger charge is -2.17. The van der Waals surface area contributed by atoms with Gasteiger partial charge in [0.05, 0.1) is 21.9 Å². The van der Waals surface area contributed by atoms with Crippen molar-refractivity contribution in [1.29, 1.82) is 0 Å². The van der Waals surface area contributed by atoms with E-state index in [9.17, 15) is 0 Å². The van der Waals surface area contributed by atoms with Crippen molar-refractivity contribution < 1.29 is 0 Å². The first-order valence-electron chi connectivity index (χ1n) is 6.96. The topological polar surface area (TPSA) is 17.8 Å². The third-order valence-electron chi connectivity index (χ3n) is 3.67. The van der Waals surface area contributed by atoms with Crippen LogP contribution in [0.15, 0.2) is 48.5 Å². The molecular formula is C17H16Cl2N2. The number of fused-ring (bicyclic) bond motifs is 1. The van der Waals surface area contributed by atoms with Gasteiger partial charge in [-0.1, -0.05) is 48.0 Å². The van der Waals surface area contributed by atoms with Crippen LogP contribution in [0.5, 0.6) is 0 Å². The maximum Gasteiger partial charge on any atom is 0.125 e. The number of alkyl halides is 1. The summed E-state index contributed by atoms with van der Waals surface area (Å²) in [6.07, 6.45) is 0.918. The molecule has 3 aromatic rings. The Balaban J connectivity index is 2.06. The highest BCUT2D eigenvalue weighted by molar-refractivity contribution is 6.35. The summed E-state index contributed by atoms with van der Waals surface area (Å²) in [6, 6.07) is 16.5. The van der Waals surface area contributed by atoms with E-state index in [1.54, 1.807) is 0 Å².